The van der Waals surface area contributed by atoms with Gasteiger partial charge in [-0.2, -0.15) is 0 Å². The minimum Gasteiger partial charge on any atom is -0.490 e. The molecule has 1 aromatic heterocycles. The summed E-state index contributed by atoms with van der Waals surface area (Å²) in [5, 5.41) is 11.2. The van der Waals surface area contributed by atoms with Crippen molar-refractivity contribution in [2.75, 3.05) is 24.3 Å². The molecule has 2 aromatic carbocycles. The maximum atomic E-state index is 12.2. The zero-order valence-corrected chi connectivity index (χ0v) is 16.1. The highest BCUT2D eigenvalue weighted by atomic mass is 32.2. The number of rotatable bonds is 5. The summed E-state index contributed by atoms with van der Waals surface area (Å²) in [4.78, 5) is 12.2. The number of thioether (sulfide) groups is 1. The van der Waals surface area contributed by atoms with Gasteiger partial charge in [-0.25, -0.2) is 0 Å². The van der Waals surface area contributed by atoms with E-state index in [1.54, 1.807) is 18.2 Å². The predicted octanol–water partition coefficient (Wildman–Crippen LogP) is 3.94. The molecule has 1 N–H and O–H groups in total. The largest absolute Gasteiger partial charge is 0.490 e. The number of nitrogens with zero attached hydrogens (tertiary/aromatic N) is 2. The third-order valence-corrected chi connectivity index (χ3v) is 4.85. The minimum absolute atomic E-state index is 0.157. The quantitative estimate of drug-likeness (QED) is 0.653. The number of nitrogens with one attached hydrogen (secondary N) is 1. The van der Waals surface area contributed by atoms with Gasteiger partial charge in [-0.15, -0.1) is 10.2 Å². The van der Waals surface area contributed by atoms with Gasteiger partial charge < -0.3 is 19.2 Å². The van der Waals surface area contributed by atoms with Crippen LogP contribution in [0.5, 0.6) is 11.5 Å². The first-order valence-corrected chi connectivity index (χ1v) is 9.89. The summed E-state index contributed by atoms with van der Waals surface area (Å²) in [6.07, 6.45) is 0.835. The second-order valence-corrected chi connectivity index (χ2v) is 7.22. The molecular weight excluding hydrogens is 378 g/mol. The fraction of sp³-hybridized carbons (Fsp3) is 0.250. The normalized spacial score (nSPS) is 13.0. The molecule has 0 bridgehead atoms. The first-order chi connectivity index (χ1) is 13.7. The Morgan fingerprint density at radius 3 is 2.82 bits per heavy atom. The van der Waals surface area contributed by atoms with Crippen molar-refractivity contribution >= 4 is 23.4 Å². The summed E-state index contributed by atoms with van der Waals surface area (Å²) in [6, 6.07) is 13.2. The Bertz CT molecular complexity index is 989. The molecule has 144 valence electrons. The first-order valence-electron chi connectivity index (χ1n) is 8.90. The molecular formula is C20H19N3O4S. The van der Waals surface area contributed by atoms with Gasteiger partial charge in [0.15, 0.2) is 11.5 Å². The lowest BCUT2D eigenvalue weighted by atomic mass is 10.1. The molecule has 0 saturated carbocycles. The zero-order valence-electron chi connectivity index (χ0n) is 15.3. The summed E-state index contributed by atoms with van der Waals surface area (Å²) in [6.45, 7) is 3.23. The Morgan fingerprint density at radius 2 is 1.96 bits per heavy atom. The van der Waals surface area contributed by atoms with Crippen LogP contribution in [0.15, 0.2) is 52.1 Å². The maximum absolute atomic E-state index is 12.2. The van der Waals surface area contributed by atoms with Crippen LogP contribution in [0.2, 0.25) is 0 Å². The Labute approximate surface area is 166 Å². The second-order valence-electron chi connectivity index (χ2n) is 6.29. The van der Waals surface area contributed by atoms with E-state index >= 15 is 0 Å². The van der Waals surface area contributed by atoms with Crippen molar-refractivity contribution in [3.63, 3.8) is 0 Å². The third-order valence-electron chi connectivity index (χ3n) is 4.03. The number of benzene rings is 2. The molecule has 2 heterocycles. The molecule has 4 rings (SSSR count). The summed E-state index contributed by atoms with van der Waals surface area (Å²) >= 11 is 1.19. The molecule has 0 aliphatic carbocycles. The molecule has 0 saturated heterocycles. The number of aromatic nitrogens is 2. The molecule has 0 spiro atoms. The summed E-state index contributed by atoms with van der Waals surface area (Å²) in [7, 11) is 0. The average molecular weight is 397 g/mol. The van der Waals surface area contributed by atoms with Crippen LogP contribution in [0.4, 0.5) is 5.69 Å². The van der Waals surface area contributed by atoms with Gasteiger partial charge in [-0.05, 0) is 31.2 Å². The highest BCUT2D eigenvalue weighted by Crippen LogP contribution is 2.32. The molecule has 0 unspecified atom stereocenters. The number of ether oxygens (including phenoxy) is 2. The van der Waals surface area contributed by atoms with E-state index in [1.807, 2.05) is 31.2 Å². The lowest BCUT2D eigenvalue weighted by Gasteiger charge is -2.10. The SMILES string of the molecule is Cc1cccc(-c2nnc(SCC(=O)Nc3ccc4c(c3)OCCCO4)o2)c1. The molecule has 1 aliphatic heterocycles. The lowest BCUT2D eigenvalue weighted by Crippen LogP contribution is -2.14. The Kier molecular flexibility index (Phi) is 5.48. The Morgan fingerprint density at radius 1 is 1.11 bits per heavy atom. The first kappa shape index (κ1) is 18.4. The minimum atomic E-state index is -0.171. The molecule has 1 amide bonds. The smallest absolute Gasteiger partial charge is 0.277 e. The second kappa shape index (κ2) is 8.35. The third kappa shape index (κ3) is 4.45. The highest BCUT2D eigenvalue weighted by Gasteiger charge is 2.14. The van der Waals surface area contributed by atoms with E-state index in [0.717, 1.165) is 17.5 Å². The van der Waals surface area contributed by atoms with Gasteiger partial charge in [0.25, 0.3) is 5.22 Å². The van der Waals surface area contributed by atoms with Crippen molar-refractivity contribution in [1.29, 1.82) is 0 Å². The van der Waals surface area contributed by atoms with Gasteiger partial charge in [0.05, 0.1) is 19.0 Å². The van der Waals surface area contributed by atoms with Crippen molar-refractivity contribution in [3.8, 4) is 23.0 Å². The fourth-order valence-corrected chi connectivity index (χ4v) is 3.29. The Balaban J connectivity index is 1.34. The predicted molar refractivity (Wildman–Crippen MR) is 106 cm³/mol. The van der Waals surface area contributed by atoms with E-state index < -0.39 is 0 Å². The Hall–Kier alpha value is -3.00. The fourth-order valence-electron chi connectivity index (χ4n) is 2.73. The molecule has 7 nitrogen and oxygen atoms in total. The van der Waals surface area contributed by atoms with E-state index in [4.69, 9.17) is 13.9 Å². The van der Waals surface area contributed by atoms with Crippen LogP contribution in [0.3, 0.4) is 0 Å². The van der Waals surface area contributed by atoms with Crippen LogP contribution in [-0.4, -0.2) is 35.1 Å². The van der Waals surface area contributed by atoms with Crippen molar-refractivity contribution in [3.05, 3.63) is 48.0 Å². The van der Waals surface area contributed by atoms with Gasteiger partial charge in [0.1, 0.15) is 0 Å². The van der Waals surface area contributed by atoms with Crippen molar-refractivity contribution in [2.45, 2.75) is 18.6 Å². The topological polar surface area (TPSA) is 86.5 Å². The molecule has 3 aromatic rings. The van der Waals surface area contributed by atoms with Crippen LogP contribution in [-0.2, 0) is 4.79 Å². The molecule has 0 fully saturated rings. The summed E-state index contributed by atoms with van der Waals surface area (Å²) < 4.78 is 16.9. The van der Waals surface area contributed by atoms with E-state index in [9.17, 15) is 4.79 Å². The standard InChI is InChI=1S/C20H19N3O4S/c1-13-4-2-5-14(10-13)19-22-23-20(27-19)28-12-18(24)21-15-6-7-16-17(11-15)26-9-3-8-25-16/h2,4-7,10-11H,3,8-9,12H2,1H3,(H,21,24). The number of hydrogen-bond acceptors (Lipinski definition) is 7. The van der Waals surface area contributed by atoms with Crippen LogP contribution >= 0.6 is 11.8 Å². The number of carbonyl (C=O) groups is 1. The van der Waals surface area contributed by atoms with Gasteiger partial charge in [-0.3, -0.25) is 4.79 Å². The summed E-state index contributed by atoms with van der Waals surface area (Å²) in [5.41, 5.74) is 2.62. The molecule has 0 radical (unpaired) electrons. The molecule has 28 heavy (non-hydrogen) atoms. The van der Waals surface area contributed by atoms with E-state index in [-0.39, 0.29) is 11.7 Å². The van der Waals surface area contributed by atoms with Crippen LogP contribution < -0.4 is 14.8 Å². The van der Waals surface area contributed by atoms with Crippen molar-refractivity contribution in [2.24, 2.45) is 0 Å². The van der Waals surface area contributed by atoms with Crippen molar-refractivity contribution < 1.29 is 18.7 Å². The van der Waals surface area contributed by atoms with E-state index in [0.29, 0.717) is 41.5 Å². The van der Waals surface area contributed by atoms with Gasteiger partial charge in [0.2, 0.25) is 11.8 Å². The van der Waals surface area contributed by atoms with E-state index in [2.05, 4.69) is 15.5 Å². The number of hydrogen-bond donors (Lipinski definition) is 1. The van der Waals surface area contributed by atoms with Crippen LogP contribution in [0, 0.1) is 6.92 Å². The lowest BCUT2D eigenvalue weighted by molar-refractivity contribution is -0.113. The maximum Gasteiger partial charge on any atom is 0.277 e. The number of aryl methyl sites for hydroxylation is 1. The summed E-state index contributed by atoms with van der Waals surface area (Å²) in [5.74, 6) is 1.76. The zero-order chi connectivity index (χ0) is 19.3. The number of anilines is 1. The van der Waals surface area contributed by atoms with E-state index in [1.165, 1.54) is 11.8 Å². The monoisotopic (exact) mass is 397 g/mol. The van der Waals surface area contributed by atoms with Crippen LogP contribution in [0.1, 0.15) is 12.0 Å². The van der Waals surface area contributed by atoms with Gasteiger partial charge >= 0.3 is 0 Å². The van der Waals surface area contributed by atoms with Crippen LogP contribution in [0.25, 0.3) is 11.5 Å². The average Bonchev–Trinajstić information content (AvgIpc) is 3.05. The number of carbonyl (C=O) groups excluding carboxylic acids is 1. The molecule has 1 aliphatic rings. The van der Waals surface area contributed by atoms with Crippen molar-refractivity contribution in [1.82, 2.24) is 10.2 Å². The van der Waals surface area contributed by atoms with Gasteiger partial charge in [0, 0.05) is 23.7 Å². The van der Waals surface area contributed by atoms with Gasteiger partial charge in [-0.1, -0.05) is 29.5 Å². The molecule has 8 heteroatoms. The number of fused-ring (bicyclic) bond motifs is 1. The molecule has 0 atom stereocenters. The number of amides is 1. The highest BCUT2D eigenvalue weighted by molar-refractivity contribution is 7.99.